The zero-order valence-corrected chi connectivity index (χ0v) is 23.2. The van der Waals surface area contributed by atoms with Gasteiger partial charge in [-0.05, 0) is 30.4 Å². The summed E-state index contributed by atoms with van der Waals surface area (Å²) >= 11 is 0. The smallest absolute Gasteiger partial charge is 0.408 e. The monoisotopic (exact) mass is 553 g/mol. The van der Waals surface area contributed by atoms with Crippen LogP contribution in [0, 0.1) is 5.92 Å². The van der Waals surface area contributed by atoms with Crippen LogP contribution in [0.15, 0.2) is 72.8 Å². The van der Waals surface area contributed by atoms with Gasteiger partial charge in [0.05, 0.1) is 19.3 Å². The first-order valence-corrected chi connectivity index (χ1v) is 13.3. The Bertz CT molecular complexity index is 1110. The van der Waals surface area contributed by atoms with E-state index in [1.165, 1.54) is 6.08 Å². The molecule has 40 heavy (non-hydrogen) atoms. The number of esters is 1. The van der Waals surface area contributed by atoms with Gasteiger partial charge in [0.25, 0.3) is 0 Å². The maximum absolute atomic E-state index is 13.3. The minimum absolute atomic E-state index is 0.0452. The number of aliphatic hydroxyl groups excluding tert-OH is 1. The van der Waals surface area contributed by atoms with E-state index < -0.39 is 48.6 Å². The molecule has 0 saturated heterocycles. The molecule has 2 aromatic carbocycles. The number of benzene rings is 2. The van der Waals surface area contributed by atoms with Crippen molar-refractivity contribution >= 4 is 23.9 Å². The van der Waals surface area contributed by atoms with E-state index in [0.29, 0.717) is 6.42 Å². The first-order chi connectivity index (χ1) is 19.2. The topological polar surface area (TPSA) is 143 Å². The van der Waals surface area contributed by atoms with E-state index >= 15 is 0 Å². The van der Waals surface area contributed by atoms with Crippen LogP contribution in [0.25, 0.3) is 0 Å². The molecular weight excluding hydrogens is 514 g/mol. The first-order valence-electron chi connectivity index (χ1n) is 13.3. The van der Waals surface area contributed by atoms with E-state index in [9.17, 15) is 24.3 Å². The third-order valence-corrected chi connectivity index (χ3v) is 5.72. The summed E-state index contributed by atoms with van der Waals surface area (Å²) in [5.74, 6) is -1.67. The summed E-state index contributed by atoms with van der Waals surface area (Å²) < 4.78 is 10.1. The molecule has 0 radical (unpaired) electrons. The number of rotatable bonds is 15. The average molecular weight is 554 g/mol. The van der Waals surface area contributed by atoms with Crippen LogP contribution < -0.4 is 16.0 Å². The average Bonchev–Trinajstić information content (AvgIpc) is 2.94. The van der Waals surface area contributed by atoms with Crippen molar-refractivity contribution in [1.82, 2.24) is 16.0 Å². The van der Waals surface area contributed by atoms with Gasteiger partial charge in [-0.15, -0.1) is 0 Å². The highest BCUT2D eigenvalue weighted by atomic mass is 16.5. The van der Waals surface area contributed by atoms with Crippen molar-refractivity contribution < 1.29 is 33.8 Å². The number of nitrogens with one attached hydrogen (secondary N) is 3. The quantitative estimate of drug-likeness (QED) is 0.196. The molecule has 4 N–H and O–H groups in total. The zero-order valence-electron chi connectivity index (χ0n) is 23.2. The molecule has 0 aliphatic heterocycles. The van der Waals surface area contributed by atoms with Crippen LogP contribution in [0.2, 0.25) is 0 Å². The molecule has 3 amide bonds. The van der Waals surface area contributed by atoms with Crippen molar-refractivity contribution in [3.63, 3.8) is 0 Å². The van der Waals surface area contributed by atoms with Crippen LogP contribution in [-0.2, 0) is 36.9 Å². The predicted molar refractivity (Wildman–Crippen MR) is 150 cm³/mol. The van der Waals surface area contributed by atoms with Gasteiger partial charge >= 0.3 is 12.1 Å². The van der Waals surface area contributed by atoms with Crippen molar-refractivity contribution in [2.75, 3.05) is 13.2 Å². The molecule has 0 heterocycles. The first kappa shape index (κ1) is 32.0. The molecule has 0 aliphatic carbocycles. The number of carbonyl (C=O) groups is 4. The van der Waals surface area contributed by atoms with Gasteiger partial charge in [-0.25, -0.2) is 9.59 Å². The lowest BCUT2D eigenvalue weighted by Crippen LogP contribution is -2.56. The minimum atomic E-state index is -1.03. The molecule has 0 spiro atoms. The van der Waals surface area contributed by atoms with E-state index in [1.54, 1.807) is 6.92 Å². The highest BCUT2D eigenvalue weighted by Gasteiger charge is 2.29. The van der Waals surface area contributed by atoms with Gasteiger partial charge in [0, 0.05) is 12.5 Å². The van der Waals surface area contributed by atoms with Crippen molar-refractivity contribution in [2.45, 2.75) is 58.3 Å². The Hall–Kier alpha value is -4.18. The largest absolute Gasteiger partial charge is 0.463 e. The Morgan fingerprint density at radius 2 is 1.43 bits per heavy atom. The molecule has 2 aromatic rings. The van der Waals surface area contributed by atoms with Crippen LogP contribution in [0.5, 0.6) is 0 Å². The molecular formula is C30H39N3O7. The van der Waals surface area contributed by atoms with Crippen molar-refractivity contribution in [3.05, 3.63) is 83.9 Å². The SMILES string of the molecule is CCOC(=O)/C=C/[C@H](CO)NC(=O)[C@H](Cc1ccccc1)NC(=O)[C@H](CC(C)C)NC(=O)OCc1ccccc1. The second-order valence-electron chi connectivity index (χ2n) is 9.55. The van der Waals surface area contributed by atoms with Gasteiger partial charge in [-0.2, -0.15) is 0 Å². The van der Waals surface area contributed by atoms with Crippen molar-refractivity contribution in [3.8, 4) is 0 Å². The lowest BCUT2D eigenvalue weighted by atomic mass is 10.0. The summed E-state index contributed by atoms with van der Waals surface area (Å²) in [6.07, 6.45) is 2.17. The fourth-order valence-corrected chi connectivity index (χ4v) is 3.76. The third kappa shape index (κ3) is 12.1. The molecule has 2 rings (SSSR count). The Morgan fingerprint density at radius 1 is 0.825 bits per heavy atom. The molecule has 0 saturated carbocycles. The summed E-state index contributed by atoms with van der Waals surface area (Å²) in [4.78, 5) is 50.8. The highest BCUT2D eigenvalue weighted by molar-refractivity contribution is 5.91. The maximum Gasteiger partial charge on any atom is 0.408 e. The molecule has 216 valence electrons. The fraction of sp³-hybridized carbons (Fsp3) is 0.400. The van der Waals surface area contributed by atoms with Crippen molar-refractivity contribution in [2.24, 2.45) is 5.92 Å². The van der Waals surface area contributed by atoms with E-state index in [1.807, 2.05) is 74.5 Å². The van der Waals surface area contributed by atoms with E-state index in [0.717, 1.165) is 17.2 Å². The molecule has 0 unspecified atom stereocenters. The zero-order chi connectivity index (χ0) is 29.3. The number of hydrogen-bond donors (Lipinski definition) is 4. The maximum atomic E-state index is 13.3. The van der Waals surface area contributed by atoms with Crippen LogP contribution in [-0.4, -0.2) is 60.3 Å². The van der Waals surface area contributed by atoms with E-state index in [4.69, 9.17) is 9.47 Å². The Labute approximate surface area is 235 Å². The Morgan fingerprint density at radius 3 is 2.00 bits per heavy atom. The molecule has 0 bridgehead atoms. The molecule has 3 atom stereocenters. The number of ether oxygens (including phenoxy) is 2. The van der Waals surface area contributed by atoms with Gasteiger partial charge in [0.15, 0.2) is 0 Å². The second kappa shape index (κ2) is 17.4. The Balaban J connectivity index is 2.14. The molecule has 0 aromatic heterocycles. The normalized spacial score (nSPS) is 13.2. The van der Waals surface area contributed by atoms with Gasteiger partial charge in [-0.3, -0.25) is 9.59 Å². The van der Waals surface area contributed by atoms with Crippen LogP contribution >= 0.6 is 0 Å². The molecule has 10 heteroatoms. The molecule has 0 fully saturated rings. The fourth-order valence-electron chi connectivity index (χ4n) is 3.76. The van der Waals surface area contributed by atoms with Crippen LogP contribution in [0.1, 0.15) is 38.3 Å². The van der Waals surface area contributed by atoms with Crippen LogP contribution in [0.3, 0.4) is 0 Å². The number of carbonyl (C=O) groups excluding carboxylic acids is 4. The minimum Gasteiger partial charge on any atom is -0.463 e. The highest BCUT2D eigenvalue weighted by Crippen LogP contribution is 2.09. The van der Waals surface area contributed by atoms with E-state index in [2.05, 4.69) is 16.0 Å². The number of aliphatic hydroxyl groups is 1. The standard InChI is InChI=1S/C30H39N3O7/c1-4-39-27(35)16-15-24(19-34)31-28(36)26(18-22-11-7-5-8-12-22)32-29(37)25(17-21(2)3)33-30(38)40-20-23-13-9-6-10-14-23/h5-16,21,24-26,34H,4,17-20H2,1-3H3,(H,31,36)(H,32,37)(H,33,38)/b16-15+/t24-,25+,26+/m1/s1. The van der Waals surface area contributed by atoms with Gasteiger partial charge in [-0.1, -0.05) is 80.6 Å². The van der Waals surface area contributed by atoms with Gasteiger partial charge in [0.1, 0.15) is 18.7 Å². The Kier molecular flexibility index (Phi) is 13.9. The van der Waals surface area contributed by atoms with E-state index in [-0.39, 0.29) is 25.6 Å². The lowest BCUT2D eigenvalue weighted by Gasteiger charge is -2.25. The molecule has 10 nitrogen and oxygen atoms in total. The number of hydrogen-bond acceptors (Lipinski definition) is 7. The van der Waals surface area contributed by atoms with Gasteiger partial charge < -0.3 is 30.5 Å². The number of amides is 3. The van der Waals surface area contributed by atoms with Crippen molar-refractivity contribution in [1.29, 1.82) is 0 Å². The summed E-state index contributed by atoms with van der Waals surface area (Å²) in [5.41, 5.74) is 1.60. The predicted octanol–water partition coefficient (Wildman–Crippen LogP) is 2.65. The molecule has 0 aliphatic rings. The van der Waals surface area contributed by atoms with Crippen LogP contribution in [0.4, 0.5) is 4.79 Å². The second-order valence-corrected chi connectivity index (χ2v) is 9.55. The summed E-state index contributed by atoms with van der Waals surface area (Å²) in [7, 11) is 0. The summed E-state index contributed by atoms with van der Waals surface area (Å²) in [5, 5.41) is 17.7. The summed E-state index contributed by atoms with van der Waals surface area (Å²) in [6, 6.07) is 15.4. The number of alkyl carbamates (subject to hydrolysis) is 1. The summed E-state index contributed by atoms with van der Waals surface area (Å²) in [6.45, 7) is 5.25. The lowest BCUT2D eigenvalue weighted by molar-refractivity contribution is -0.137. The third-order valence-electron chi connectivity index (χ3n) is 5.72. The van der Waals surface area contributed by atoms with Gasteiger partial charge in [0.2, 0.25) is 11.8 Å².